The van der Waals surface area contributed by atoms with Gasteiger partial charge in [0.1, 0.15) is 18.0 Å². The van der Waals surface area contributed by atoms with Gasteiger partial charge < -0.3 is 15.0 Å². The SMILES string of the molecule is Cc1cc(OC2CCN(C(=O)[C@@H]3CCC(=O)N3)CC2)nc(C)n1. The number of carbonyl (C=O) groups excluding carboxylic acids is 2. The minimum absolute atomic E-state index is 0.0306. The van der Waals surface area contributed by atoms with E-state index in [1.165, 1.54) is 0 Å². The van der Waals surface area contributed by atoms with Gasteiger partial charge >= 0.3 is 0 Å². The lowest BCUT2D eigenvalue weighted by Gasteiger charge is -2.33. The molecule has 0 radical (unpaired) electrons. The molecule has 1 aromatic heterocycles. The Hall–Kier alpha value is -2.18. The van der Waals surface area contributed by atoms with Crippen molar-refractivity contribution in [2.24, 2.45) is 0 Å². The van der Waals surface area contributed by atoms with Crippen LogP contribution in [0.4, 0.5) is 0 Å². The van der Waals surface area contributed by atoms with E-state index < -0.39 is 0 Å². The zero-order valence-electron chi connectivity index (χ0n) is 13.5. The number of amides is 2. The number of likely N-dealkylation sites (tertiary alicyclic amines) is 1. The lowest BCUT2D eigenvalue weighted by Crippen LogP contribution is -2.49. The fourth-order valence-corrected chi connectivity index (χ4v) is 3.13. The molecule has 2 fully saturated rings. The highest BCUT2D eigenvalue weighted by atomic mass is 16.5. The van der Waals surface area contributed by atoms with Gasteiger partial charge in [-0.1, -0.05) is 0 Å². The molecule has 2 saturated heterocycles. The number of rotatable bonds is 3. The number of hydrogen-bond acceptors (Lipinski definition) is 5. The third-order valence-electron chi connectivity index (χ3n) is 4.28. The van der Waals surface area contributed by atoms with Crippen molar-refractivity contribution in [1.82, 2.24) is 20.2 Å². The number of piperidine rings is 1. The maximum absolute atomic E-state index is 12.4. The smallest absolute Gasteiger partial charge is 0.245 e. The highest BCUT2D eigenvalue weighted by Gasteiger charge is 2.33. The van der Waals surface area contributed by atoms with Crippen LogP contribution in [0.3, 0.4) is 0 Å². The molecule has 23 heavy (non-hydrogen) atoms. The zero-order chi connectivity index (χ0) is 16.4. The van der Waals surface area contributed by atoms with Crippen LogP contribution >= 0.6 is 0 Å². The lowest BCUT2D eigenvalue weighted by molar-refractivity contribution is -0.136. The number of hydrogen-bond donors (Lipinski definition) is 1. The van der Waals surface area contributed by atoms with Crippen LogP contribution in [0.2, 0.25) is 0 Å². The van der Waals surface area contributed by atoms with Gasteiger partial charge in [-0.25, -0.2) is 4.98 Å². The molecule has 0 aromatic carbocycles. The average Bonchev–Trinajstić information content (AvgIpc) is 2.93. The van der Waals surface area contributed by atoms with Crippen LogP contribution < -0.4 is 10.1 Å². The van der Waals surface area contributed by atoms with Crippen molar-refractivity contribution in [3.63, 3.8) is 0 Å². The van der Waals surface area contributed by atoms with E-state index in [2.05, 4.69) is 15.3 Å². The summed E-state index contributed by atoms with van der Waals surface area (Å²) in [6.07, 6.45) is 2.66. The third-order valence-corrected chi connectivity index (χ3v) is 4.28. The molecule has 7 heteroatoms. The molecule has 0 saturated carbocycles. The first kappa shape index (κ1) is 15.7. The van der Waals surface area contributed by atoms with Crippen molar-refractivity contribution < 1.29 is 14.3 Å². The van der Waals surface area contributed by atoms with E-state index in [0.717, 1.165) is 18.5 Å². The fraction of sp³-hybridized carbons (Fsp3) is 0.625. The van der Waals surface area contributed by atoms with E-state index >= 15 is 0 Å². The molecule has 0 unspecified atom stereocenters. The summed E-state index contributed by atoms with van der Waals surface area (Å²) in [5.74, 6) is 1.30. The second-order valence-corrected chi connectivity index (χ2v) is 6.20. The van der Waals surface area contributed by atoms with Gasteiger partial charge in [-0.15, -0.1) is 0 Å². The van der Waals surface area contributed by atoms with E-state index in [4.69, 9.17) is 4.74 Å². The molecule has 1 aromatic rings. The standard InChI is InChI=1S/C16H22N4O3/c1-10-9-15(18-11(2)17-10)23-12-5-7-20(8-6-12)16(22)13-3-4-14(21)19-13/h9,12-13H,3-8H2,1-2H3,(H,19,21)/t13-/m0/s1. The molecule has 7 nitrogen and oxygen atoms in total. The van der Waals surface area contributed by atoms with Crippen molar-refractivity contribution >= 4 is 11.8 Å². The van der Waals surface area contributed by atoms with E-state index in [9.17, 15) is 9.59 Å². The Kier molecular flexibility index (Phi) is 4.45. The molecule has 2 amide bonds. The molecular formula is C16H22N4O3. The molecule has 3 heterocycles. The number of nitrogens with one attached hydrogen (secondary N) is 1. The number of aryl methyl sites for hydroxylation is 2. The highest BCUT2D eigenvalue weighted by Crippen LogP contribution is 2.20. The Balaban J connectivity index is 1.52. The summed E-state index contributed by atoms with van der Waals surface area (Å²) >= 11 is 0. The minimum Gasteiger partial charge on any atom is -0.474 e. The monoisotopic (exact) mass is 318 g/mol. The van der Waals surface area contributed by atoms with Gasteiger partial charge in [-0.2, -0.15) is 4.98 Å². The summed E-state index contributed by atoms with van der Waals surface area (Å²) in [5, 5.41) is 2.74. The first-order chi connectivity index (χ1) is 11.0. The maximum atomic E-state index is 12.4. The van der Waals surface area contributed by atoms with E-state index in [0.29, 0.717) is 37.6 Å². The second-order valence-electron chi connectivity index (χ2n) is 6.20. The zero-order valence-corrected chi connectivity index (χ0v) is 13.5. The largest absolute Gasteiger partial charge is 0.474 e. The quantitative estimate of drug-likeness (QED) is 0.888. The molecule has 0 spiro atoms. The third kappa shape index (κ3) is 3.78. The Morgan fingerprint density at radius 2 is 2.00 bits per heavy atom. The Morgan fingerprint density at radius 1 is 1.26 bits per heavy atom. The van der Waals surface area contributed by atoms with Crippen molar-refractivity contribution in [2.75, 3.05) is 13.1 Å². The van der Waals surface area contributed by atoms with Gasteiger partial charge in [0.2, 0.25) is 17.7 Å². The predicted octanol–water partition coefficient (Wildman–Crippen LogP) is 0.742. The number of ether oxygens (including phenoxy) is 1. The topological polar surface area (TPSA) is 84.4 Å². The minimum atomic E-state index is -0.341. The van der Waals surface area contributed by atoms with Gasteiger partial charge in [0, 0.05) is 44.1 Å². The van der Waals surface area contributed by atoms with Gasteiger partial charge in [0.05, 0.1) is 0 Å². The van der Waals surface area contributed by atoms with Crippen molar-refractivity contribution in [3.8, 4) is 5.88 Å². The summed E-state index contributed by atoms with van der Waals surface area (Å²) in [4.78, 5) is 33.9. The molecule has 2 aliphatic heterocycles. The molecule has 124 valence electrons. The molecule has 3 rings (SSSR count). The summed E-state index contributed by atoms with van der Waals surface area (Å²) in [7, 11) is 0. The van der Waals surface area contributed by atoms with Crippen LogP contribution in [0.1, 0.15) is 37.2 Å². The van der Waals surface area contributed by atoms with Gasteiger partial charge in [0.25, 0.3) is 0 Å². The summed E-state index contributed by atoms with van der Waals surface area (Å²) in [6.45, 7) is 5.06. The molecule has 0 aliphatic carbocycles. The van der Waals surface area contributed by atoms with Crippen LogP contribution in [0.5, 0.6) is 5.88 Å². The second kappa shape index (κ2) is 6.52. The molecule has 1 atom stereocenters. The van der Waals surface area contributed by atoms with Crippen LogP contribution in [0, 0.1) is 13.8 Å². The number of aromatic nitrogens is 2. The summed E-state index contributed by atoms with van der Waals surface area (Å²) in [6, 6.07) is 1.49. The van der Waals surface area contributed by atoms with Gasteiger partial charge in [-0.05, 0) is 20.3 Å². The molecule has 0 bridgehead atoms. The van der Waals surface area contributed by atoms with E-state index in [1.54, 1.807) is 0 Å². The van der Waals surface area contributed by atoms with Gasteiger partial charge in [-0.3, -0.25) is 9.59 Å². The normalized spacial score (nSPS) is 22.1. The summed E-state index contributed by atoms with van der Waals surface area (Å²) in [5.41, 5.74) is 0.886. The first-order valence-corrected chi connectivity index (χ1v) is 8.08. The lowest BCUT2D eigenvalue weighted by atomic mass is 10.1. The molecule has 1 N–H and O–H groups in total. The maximum Gasteiger partial charge on any atom is 0.245 e. The van der Waals surface area contributed by atoms with Crippen LogP contribution in [-0.4, -0.2) is 51.9 Å². The first-order valence-electron chi connectivity index (χ1n) is 8.08. The number of carbonyl (C=O) groups is 2. The van der Waals surface area contributed by atoms with Crippen LogP contribution in [0.15, 0.2) is 6.07 Å². The highest BCUT2D eigenvalue weighted by molar-refractivity contribution is 5.90. The van der Waals surface area contributed by atoms with Crippen molar-refractivity contribution in [2.45, 2.75) is 51.7 Å². The Labute approximate surface area is 135 Å². The number of nitrogens with zero attached hydrogens (tertiary/aromatic N) is 3. The van der Waals surface area contributed by atoms with Crippen LogP contribution in [-0.2, 0) is 9.59 Å². The van der Waals surface area contributed by atoms with Crippen molar-refractivity contribution in [1.29, 1.82) is 0 Å². The summed E-state index contributed by atoms with van der Waals surface area (Å²) < 4.78 is 5.93. The van der Waals surface area contributed by atoms with Crippen molar-refractivity contribution in [3.05, 3.63) is 17.6 Å². The van der Waals surface area contributed by atoms with E-state index in [1.807, 2.05) is 24.8 Å². The van der Waals surface area contributed by atoms with E-state index in [-0.39, 0.29) is 24.0 Å². The Morgan fingerprint density at radius 3 is 2.61 bits per heavy atom. The molecular weight excluding hydrogens is 296 g/mol. The van der Waals surface area contributed by atoms with Crippen LogP contribution in [0.25, 0.3) is 0 Å². The Bertz CT molecular complexity index is 591. The fourth-order valence-electron chi connectivity index (χ4n) is 3.13. The molecule has 2 aliphatic rings. The predicted molar refractivity (Wildman–Crippen MR) is 82.9 cm³/mol. The van der Waals surface area contributed by atoms with Gasteiger partial charge in [0.15, 0.2) is 0 Å². The average molecular weight is 318 g/mol.